The van der Waals surface area contributed by atoms with Crippen LogP contribution in [0.5, 0.6) is 0 Å². The highest BCUT2D eigenvalue weighted by Crippen LogP contribution is 2.26. The van der Waals surface area contributed by atoms with Crippen LogP contribution in [-0.4, -0.2) is 23.0 Å². The van der Waals surface area contributed by atoms with Crippen molar-refractivity contribution < 1.29 is 19.1 Å². The van der Waals surface area contributed by atoms with Gasteiger partial charge in [-0.15, -0.1) is 0 Å². The second-order valence-corrected chi connectivity index (χ2v) is 4.78. The Balaban J connectivity index is 2.07. The van der Waals surface area contributed by atoms with Gasteiger partial charge in [0.15, 0.2) is 0 Å². The molecule has 1 fully saturated rings. The number of amides is 1. The fourth-order valence-electron chi connectivity index (χ4n) is 2.53. The molecule has 2 N–H and O–H groups in total. The zero-order valence-corrected chi connectivity index (χ0v) is 10.5. The van der Waals surface area contributed by atoms with Gasteiger partial charge in [-0.25, -0.2) is 0 Å². The van der Waals surface area contributed by atoms with Gasteiger partial charge < -0.3 is 14.8 Å². The van der Waals surface area contributed by atoms with Crippen LogP contribution < -0.4 is 5.32 Å². The van der Waals surface area contributed by atoms with Crippen LogP contribution in [-0.2, 0) is 4.79 Å². The van der Waals surface area contributed by atoms with E-state index in [-0.39, 0.29) is 11.9 Å². The SMILES string of the molecule is Cc1cc(C(=O)N[C@@H]2CCC[C@@H]2C(=O)O)c(C)o1. The first-order valence-corrected chi connectivity index (χ1v) is 6.09. The average Bonchev–Trinajstić information content (AvgIpc) is 2.85. The first-order valence-electron chi connectivity index (χ1n) is 6.09. The molecular weight excluding hydrogens is 234 g/mol. The molecule has 18 heavy (non-hydrogen) atoms. The van der Waals surface area contributed by atoms with E-state index in [1.807, 2.05) is 0 Å². The topological polar surface area (TPSA) is 79.5 Å². The number of carbonyl (C=O) groups is 2. The summed E-state index contributed by atoms with van der Waals surface area (Å²) in [6.45, 7) is 3.50. The fourth-order valence-corrected chi connectivity index (χ4v) is 2.53. The van der Waals surface area contributed by atoms with Crippen molar-refractivity contribution in [2.75, 3.05) is 0 Å². The normalized spacial score (nSPS) is 23.0. The minimum atomic E-state index is -0.835. The van der Waals surface area contributed by atoms with Gasteiger partial charge in [-0.3, -0.25) is 9.59 Å². The molecule has 0 aromatic carbocycles. The molecule has 1 aliphatic rings. The number of furan rings is 1. The van der Waals surface area contributed by atoms with E-state index in [4.69, 9.17) is 9.52 Å². The third kappa shape index (κ3) is 2.39. The van der Waals surface area contributed by atoms with Crippen molar-refractivity contribution >= 4 is 11.9 Å². The molecule has 0 radical (unpaired) electrons. The number of hydrogen-bond donors (Lipinski definition) is 2. The summed E-state index contributed by atoms with van der Waals surface area (Å²) in [5, 5.41) is 11.9. The van der Waals surface area contributed by atoms with Crippen LogP contribution in [0.15, 0.2) is 10.5 Å². The van der Waals surface area contributed by atoms with Crippen LogP contribution in [0.1, 0.15) is 41.1 Å². The second kappa shape index (κ2) is 4.84. The predicted molar refractivity (Wildman–Crippen MR) is 64.4 cm³/mol. The van der Waals surface area contributed by atoms with Crippen LogP contribution in [0.2, 0.25) is 0 Å². The van der Waals surface area contributed by atoms with Gasteiger partial charge in [-0.2, -0.15) is 0 Å². The lowest BCUT2D eigenvalue weighted by Crippen LogP contribution is -2.40. The lowest BCUT2D eigenvalue weighted by atomic mass is 10.0. The molecule has 2 rings (SSSR count). The summed E-state index contributed by atoms with van der Waals surface area (Å²) in [7, 11) is 0. The van der Waals surface area contributed by atoms with Crippen LogP contribution in [0.3, 0.4) is 0 Å². The monoisotopic (exact) mass is 251 g/mol. The lowest BCUT2D eigenvalue weighted by Gasteiger charge is -2.17. The van der Waals surface area contributed by atoms with Gasteiger partial charge in [0.1, 0.15) is 11.5 Å². The Hall–Kier alpha value is -1.78. The highest BCUT2D eigenvalue weighted by molar-refractivity contribution is 5.95. The summed E-state index contributed by atoms with van der Waals surface area (Å²) >= 11 is 0. The van der Waals surface area contributed by atoms with Crippen molar-refractivity contribution in [1.29, 1.82) is 0 Å². The highest BCUT2D eigenvalue weighted by atomic mass is 16.4. The first-order chi connectivity index (χ1) is 8.49. The van der Waals surface area contributed by atoms with Gasteiger partial charge in [0, 0.05) is 6.04 Å². The molecule has 1 saturated carbocycles. The van der Waals surface area contributed by atoms with E-state index in [2.05, 4.69) is 5.32 Å². The summed E-state index contributed by atoms with van der Waals surface area (Å²) in [6.07, 6.45) is 2.19. The maximum atomic E-state index is 12.0. The quantitative estimate of drug-likeness (QED) is 0.859. The largest absolute Gasteiger partial charge is 0.481 e. The zero-order chi connectivity index (χ0) is 13.3. The molecule has 1 heterocycles. The number of carboxylic acids is 1. The molecule has 0 aliphatic heterocycles. The van der Waals surface area contributed by atoms with Gasteiger partial charge in [0.25, 0.3) is 5.91 Å². The summed E-state index contributed by atoms with van der Waals surface area (Å²) in [5.74, 6) is -0.309. The number of hydrogen-bond acceptors (Lipinski definition) is 3. The van der Waals surface area contributed by atoms with Crippen molar-refractivity contribution in [3.63, 3.8) is 0 Å². The smallest absolute Gasteiger partial charge is 0.308 e. The van der Waals surface area contributed by atoms with Crippen LogP contribution >= 0.6 is 0 Å². The maximum absolute atomic E-state index is 12.0. The molecule has 1 aliphatic carbocycles. The van der Waals surface area contributed by atoms with E-state index in [0.717, 1.165) is 12.8 Å². The molecule has 0 saturated heterocycles. The van der Waals surface area contributed by atoms with Crippen LogP contribution in [0.4, 0.5) is 0 Å². The number of rotatable bonds is 3. The number of carbonyl (C=O) groups excluding carboxylic acids is 1. The minimum absolute atomic E-state index is 0.248. The van der Waals surface area contributed by atoms with Gasteiger partial charge in [-0.05, 0) is 32.8 Å². The summed E-state index contributed by atoms with van der Waals surface area (Å²) in [4.78, 5) is 23.1. The third-order valence-electron chi connectivity index (χ3n) is 3.44. The van der Waals surface area contributed by atoms with E-state index in [1.165, 1.54) is 0 Å². The van der Waals surface area contributed by atoms with Crippen molar-refractivity contribution in [1.82, 2.24) is 5.32 Å². The second-order valence-electron chi connectivity index (χ2n) is 4.78. The van der Waals surface area contributed by atoms with Crippen molar-refractivity contribution in [3.8, 4) is 0 Å². The van der Waals surface area contributed by atoms with Gasteiger partial charge in [0.05, 0.1) is 11.5 Å². The van der Waals surface area contributed by atoms with E-state index in [1.54, 1.807) is 19.9 Å². The van der Waals surface area contributed by atoms with E-state index >= 15 is 0 Å². The fraction of sp³-hybridized carbons (Fsp3) is 0.538. The van der Waals surface area contributed by atoms with Crippen molar-refractivity contribution in [2.45, 2.75) is 39.2 Å². The minimum Gasteiger partial charge on any atom is -0.481 e. The Kier molecular flexibility index (Phi) is 3.41. The molecule has 0 bridgehead atoms. The summed E-state index contributed by atoms with van der Waals surface area (Å²) < 4.78 is 5.30. The van der Waals surface area contributed by atoms with E-state index < -0.39 is 11.9 Å². The number of carboxylic acid groups (broad SMARTS) is 1. The number of aryl methyl sites for hydroxylation is 2. The maximum Gasteiger partial charge on any atom is 0.308 e. The number of aliphatic carboxylic acids is 1. The molecule has 5 nitrogen and oxygen atoms in total. The molecule has 0 unspecified atom stereocenters. The van der Waals surface area contributed by atoms with Crippen molar-refractivity contribution in [3.05, 3.63) is 23.2 Å². The molecule has 2 atom stereocenters. The lowest BCUT2D eigenvalue weighted by molar-refractivity contribution is -0.142. The first kappa shape index (κ1) is 12.7. The molecule has 1 aromatic heterocycles. The third-order valence-corrected chi connectivity index (χ3v) is 3.44. The summed E-state index contributed by atoms with van der Waals surface area (Å²) in [6, 6.07) is 1.40. The standard InChI is InChI=1S/C13H17NO4/c1-7-6-10(8(2)18-7)12(15)14-11-5-3-4-9(11)13(16)17/h6,9,11H,3-5H2,1-2H3,(H,14,15)(H,16,17)/t9-,11+/m0/s1. The number of nitrogens with one attached hydrogen (secondary N) is 1. The Bertz CT molecular complexity index is 477. The van der Waals surface area contributed by atoms with Crippen molar-refractivity contribution in [2.24, 2.45) is 5.92 Å². The average molecular weight is 251 g/mol. The molecule has 98 valence electrons. The Morgan fingerprint density at radius 3 is 2.67 bits per heavy atom. The zero-order valence-electron chi connectivity index (χ0n) is 10.5. The van der Waals surface area contributed by atoms with Crippen LogP contribution in [0.25, 0.3) is 0 Å². The Labute approximate surface area is 105 Å². The predicted octanol–water partition coefficient (Wildman–Crippen LogP) is 1.88. The molecule has 0 spiro atoms. The Morgan fingerprint density at radius 2 is 2.11 bits per heavy atom. The summed E-state index contributed by atoms with van der Waals surface area (Å²) in [5.41, 5.74) is 0.489. The Morgan fingerprint density at radius 1 is 1.39 bits per heavy atom. The molecular formula is C13H17NO4. The molecule has 1 aromatic rings. The van der Waals surface area contributed by atoms with Gasteiger partial charge in [0.2, 0.25) is 0 Å². The van der Waals surface area contributed by atoms with Gasteiger partial charge >= 0.3 is 5.97 Å². The van der Waals surface area contributed by atoms with Gasteiger partial charge in [-0.1, -0.05) is 6.42 Å². The molecule has 5 heteroatoms. The van der Waals surface area contributed by atoms with Crippen LogP contribution in [0, 0.1) is 19.8 Å². The highest BCUT2D eigenvalue weighted by Gasteiger charge is 2.34. The molecule has 1 amide bonds. The van der Waals surface area contributed by atoms with E-state index in [9.17, 15) is 9.59 Å². The van der Waals surface area contributed by atoms with E-state index in [0.29, 0.717) is 23.5 Å².